The van der Waals surface area contributed by atoms with Crippen molar-refractivity contribution < 1.29 is 24.2 Å². The number of amides is 1. The van der Waals surface area contributed by atoms with Crippen molar-refractivity contribution in [2.24, 2.45) is 16.5 Å². The molecule has 0 aliphatic carbocycles. The van der Waals surface area contributed by atoms with Gasteiger partial charge in [0.25, 0.3) is 5.91 Å². The first-order chi connectivity index (χ1) is 16.4. The minimum absolute atomic E-state index is 0.0110. The van der Waals surface area contributed by atoms with Gasteiger partial charge in [0.05, 0.1) is 0 Å². The normalized spacial score (nSPS) is 16.3. The van der Waals surface area contributed by atoms with Crippen molar-refractivity contribution in [2.45, 2.75) is 38.3 Å². The molecule has 0 aromatic heterocycles. The Hall–Kier alpha value is -3.79. The van der Waals surface area contributed by atoms with E-state index >= 15 is 0 Å². The van der Waals surface area contributed by atoms with Crippen molar-refractivity contribution in [3.63, 3.8) is 0 Å². The number of guanidine groups is 1. The first kappa shape index (κ1) is 23.4. The van der Waals surface area contributed by atoms with Gasteiger partial charge in [-0.1, -0.05) is 12.1 Å². The number of piperidine rings is 1. The highest BCUT2D eigenvalue weighted by Gasteiger charge is 2.24. The van der Waals surface area contributed by atoms with Gasteiger partial charge in [0.15, 0.2) is 17.5 Å². The number of carbonyl (C=O) groups excluding carboxylic acids is 1. The maximum atomic E-state index is 12.5. The summed E-state index contributed by atoms with van der Waals surface area (Å²) in [5.41, 5.74) is 14.6. The Morgan fingerprint density at radius 3 is 2.53 bits per heavy atom. The maximum absolute atomic E-state index is 12.5. The summed E-state index contributed by atoms with van der Waals surface area (Å²) in [6.07, 6.45) is 3.67. The van der Waals surface area contributed by atoms with E-state index in [1.165, 1.54) is 6.42 Å². The van der Waals surface area contributed by atoms with E-state index in [0.717, 1.165) is 37.2 Å². The van der Waals surface area contributed by atoms with E-state index < -0.39 is 17.9 Å². The molecular formula is C24H29N5O5. The number of nitrogens with two attached hydrogens (primary N) is 2. The number of carboxylic acids is 1. The van der Waals surface area contributed by atoms with Crippen molar-refractivity contribution in [2.75, 3.05) is 24.8 Å². The zero-order valence-electron chi connectivity index (χ0n) is 18.8. The summed E-state index contributed by atoms with van der Waals surface area (Å²) in [5.74, 6) is -0.221. The second-order valence-electron chi connectivity index (χ2n) is 8.35. The Morgan fingerprint density at radius 2 is 1.82 bits per heavy atom. The zero-order chi connectivity index (χ0) is 24.1. The van der Waals surface area contributed by atoms with Gasteiger partial charge in [-0.15, -0.1) is 0 Å². The van der Waals surface area contributed by atoms with Gasteiger partial charge >= 0.3 is 5.97 Å². The number of carbonyl (C=O) groups is 2. The van der Waals surface area contributed by atoms with Crippen LogP contribution in [-0.2, 0) is 17.8 Å². The fourth-order valence-corrected chi connectivity index (χ4v) is 4.14. The summed E-state index contributed by atoms with van der Waals surface area (Å²) in [7, 11) is 0. The SMILES string of the molecule is NC(=NC(=O)c1ccc(CC(N)C(=O)O)cc1)NCc1c(N2CCCCC2)ccc2c1OCO2. The van der Waals surface area contributed by atoms with Crippen LogP contribution >= 0.6 is 0 Å². The molecule has 0 bridgehead atoms. The number of benzene rings is 2. The summed E-state index contributed by atoms with van der Waals surface area (Å²) in [6, 6.07) is 9.42. The molecule has 1 amide bonds. The number of hydrogen-bond acceptors (Lipinski definition) is 6. The van der Waals surface area contributed by atoms with E-state index in [1.54, 1.807) is 24.3 Å². The molecule has 10 nitrogen and oxygen atoms in total. The lowest BCUT2D eigenvalue weighted by molar-refractivity contribution is -0.138. The van der Waals surface area contributed by atoms with E-state index in [0.29, 0.717) is 29.2 Å². The topological polar surface area (TPSA) is 152 Å². The van der Waals surface area contributed by atoms with E-state index in [2.05, 4.69) is 15.2 Å². The van der Waals surface area contributed by atoms with Crippen LogP contribution in [0.2, 0.25) is 0 Å². The number of hydrogen-bond donors (Lipinski definition) is 4. The number of rotatable bonds is 7. The van der Waals surface area contributed by atoms with Crippen LogP contribution < -0.4 is 31.2 Å². The third-order valence-corrected chi connectivity index (χ3v) is 5.96. The van der Waals surface area contributed by atoms with Gasteiger partial charge in [0.1, 0.15) is 6.04 Å². The van der Waals surface area contributed by atoms with Crippen molar-refractivity contribution >= 4 is 23.5 Å². The standard InChI is InChI=1S/C24H29N5O5/c25-18(23(31)32)12-15-4-6-16(7-5-15)22(30)28-24(26)27-13-17-19(29-10-2-1-3-11-29)8-9-20-21(17)34-14-33-20/h4-9,18H,1-3,10-14,25H2,(H,31,32)(H3,26,27,28,30). The fourth-order valence-electron chi connectivity index (χ4n) is 4.14. The number of nitrogens with zero attached hydrogens (tertiary/aromatic N) is 2. The summed E-state index contributed by atoms with van der Waals surface area (Å²) in [4.78, 5) is 29.7. The number of carboxylic acid groups (broad SMARTS) is 1. The molecule has 6 N–H and O–H groups in total. The predicted molar refractivity (Wildman–Crippen MR) is 127 cm³/mol. The molecule has 2 aromatic rings. The summed E-state index contributed by atoms with van der Waals surface area (Å²) in [6.45, 7) is 2.44. The first-order valence-corrected chi connectivity index (χ1v) is 11.3. The lowest BCUT2D eigenvalue weighted by Gasteiger charge is -2.31. The first-order valence-electron chi connectivity index (χ1n) is 11.3. The second kappa shape index (κ2) is 10.4. The predicted octanol–water partition coefficient (Wildman–Crippen LogP) is 1.60. The Labute approximate surface area is 197 Å². The maximum Gasteiger partial charge on any atom is 0.320 e. The zero-order valence-corrected chi connectivity index (χ0v) is 18.8. The highest BCUT2D eigenvalue weighted by Crippen LogP contribution is 2.41. The minimum Gasteiger partial charge on any atom is -0.480 e. The molecule has 1 unspecified atom stereocenters. The smallest absolute Gasteiger partial charge is 0.320 e. The average Bonchev–Trinajstić information content (AvgIpc) is 3.32. The number of anilines is 1. The van der Waals surface area contributed by atoms with Gasteiger partial charge in [-0.2, -0.15) is 4.99 Å². The van der Waals surface area contributed by atoms with Crippen molar-refractivity contribution in [1.29, 1.82) is 0 Å². The molecule has 2 heterocycles. The number of nitrogens with one attached hydrogen (secondary N) is 1. The molecule has 1 atom stereocenters. The Balaban J connectivity index is 1.44. The molecule has 0 saturated carbocycles. The van der Waals surface area contributed by atoms with Gasteiger partial charge in [-0.05, 0) is 55.5 Å². The van der Waals surface area contributed by atoms with Crippen LogP contribution in [-0.4, -0.2) is 48.9 Å². The molecule has 0 spiro atoms. The van der Waals surface area contributed by atoms with Gasteiger partial charge < -0.3 is 36.3 Å². The number of aliphatic carboxylic acids is 1. The third kappa shape index (κ3) is 5.40. The number of aliphatic imine (C=N–C) groups is 1. The molecule has 2 aliphatic rings. The molecule has 0 radical (unpaired) electrons. The molecule has 180 valence electrons. The van der Waals surface area contributed by atoms with E-state index in [-0.39, 0.29) is 19.2 Å². The monoisotopic (exact) mass is 467 g/mol. The number of ether oxygens (including phenoxy) is 2. The highest BCUT2D eigenvalue weighted by molar-refractivity contribution is 6.02. The Morgan fingerprint density at radius 1 is 1.09 bits per heavy atom. The third-order valence-electron chi connectivity index (χ3n) is 5.96. The molecule has 4 rings (SSSR count). The molecule has 34 heavy (non-hydrogen) atoms. The Bertz CT molecular complexity index is 1080. The molecule has 10 heteroatoms. The lowest BCUT2D eigenvalue weighted by atomic mass is 10.0. The molecule has 1 fully saturated rings. The minimum atomic E-state index is -1.08. The quantitative estimate of drug-likeness (QED) is 0.351. The molecule has 2 aliphatic heterocycles. The van der Waals surface area contributed by atoms with Crippen LogP contribution in [0.15, 0.2) is 41.4 Å². The van der Waals surface area contributed by atoms with Crippen molar-refractivity contribution in [3.8, 4) is 11.5 Å². The second-order valence-corrected chi connectivity index (χ2v) is 8.35. The number of fused-ring (bicyclic) bond motifs is 1. The average molecular weight is 468 g/mol. The van der Waals surface area contributed by atoms with E-state index in [1.807, 2.05) is 12.1 Å². The van der Waals surface area contributed by atoms with Crippen LogP contribution in [0.5, 0.6) is 11.5 Å². The van der Waals surface area contributed by atoms with Crippen LogP contribution in [0.4, 0.5) is 5.69 Å². The molecule has 1 saturated heterocycles. The van der Waals surface area contributed by atoms with Gasteiger partial charge in [-0.3, -0.25) is 9.59 Å². The summed E-state index contributed by atoms with van der Waals surface area (Å²) < 4.78 is 11.2. The van der Waals surface area contributed by atoms with Crippen LogP contribution in [0.1, 0.15) is 40.7 Å². The summed E-state index contributed by atoms with van der Waals surface area (Å²) in [5, 5.41) is 11.9. The lowest BCUT2D eigenvalue weighted by Crippen LogP contribution is -2.34. The van der Waals surface area contributed by atoms with Crippen LogP contribution in [0.25, 0.3) is 0 Å². The van der Waals surface area contributed by atoms with Crippen molar-refractivity contribution in [3.05, 3.63) is 53.1 Å². The molecular weight excluding hydrogens is 438 g/mol. The highest BCUT2D eigenvalue weighted by atomic mass is 16.7. The molecule has 2 aromatic carbocycles. The Kier molecular flexibility index (Phi) is 7.17. The van der Waals surface area contributed by atoms with Gasteiger partial charge in [-0.25, -0.2) is 0 Å². The van der Waals surface area contributed by atoms with Gasteiger partial charge in [0.2, 0.25) is 6.79 Å². The van der Waals surface area contributed by atoms with Crippen LogP contribution in [0, 0.1) is 0 Å². The van der Waals surface area contributed by atoms with Gasteiger partial charge in [0, 0.05) is 36.4 Å². The van der Waals surface area contributed by atoms with E-state index in [4.69, 9.17) is 26.0 Å². The largest absolute Gasteiger partial charge is 0.480 e. The van der Waals surface area contributed by atoms with Crippen molar-refractivity contribution in [1.82, 2.24) is 5.32 Å². The van der Waals surface area contributed by atoms with Crippen LogP contribution in [0.3, 0.4) is 0 Å². The summed E-state index contributed by atoms with van der Waals surface area (Å²) >= 11 is 0. The fraction of sp³-hybridized carbons (Fsp3) is 0.375. The van der Waals surface area contributed by atoms with E-state index in [9.17, 15) is 9.59 Å².